The zero-order chi connectivity index (χ0) is 23.5. The molecular weight excluding hydrogens is 464 g/mol. The molecule has 0 saturated carbocycles. The number of fused-ring (bicyclic) bond motifs is 4. The van der Waals surface area contributed by atoms with Crippen molar-refractivity contribution in [1.82, 2.24) is 0 Å². The van der Waals surface area contributed by atoms with E-state index in [2.05, 4.69) is 0 Å². The van der Waals surface area contributed by atoms with Crippen molar-refractivity contribution in [1.29, 1.82) is 0 Å². The van der Waals surface area contributed by atoms with Crippen LogP contribution >= 0.6 is 0 Å². The monoisotopic (exact) mass is 480 g/mol. The molecule has 3 aromatic carbocycles. The van der Waals surface area contributed by atoms with Crippen LogP contribution in [0.25, 0.3) is 16.5 Å². The molecule has 0 amide bonds. The number of methoxy groups -OCH3 is 1. The van der Waals surface area contributed by atoms with Gasteiger partial charge in [-0.25, -0.2) is 16.8 Å². The molecule has 0 aromatic heterocycles. The van der Waals surface area contributed by atoms with Gasteiger partial charge in [-0.05, 0) is 41.8 Å². The fourth-order valence-corrected chi connectivity index (χ4v) is 7.40. The fraction of sp³-hybridized carbons (Fsp3) is 0.0417. The van der Waals surface area contributed by atoms with E-state index in [0.717, 1.165) is 18.2 Å². The molecule has 0 aliphatic carbocycles. The molecule has 3 aromatic rings. The van der Waals surface area contributed by atoms with Crippen LogP contribution in [0.4, 0.5) is 0 Å². The van der Waals surface area contributed by atoms with Crippen molar-refractivity contribution in [2.24, 2.45) is 0 Å². The summed E-state index contributed by atoms with van der Waals surface area (Å²) in [6, 6.07) is 14.2. The average Bonchev–Trinajstić information content (AvgIpc) is 3.12. The number of aliphatic hydroxyl groups is 1. The van der Waals surface area contributed by atoms with E-state index < -0.39 is 41.0 Å². The van der Waals surface area contributed by atoms with Crippen LogP contribution in [0.1, 0.15) is 15.9 Å². The van der Waals surface area contributed by atoms with E-state index in [9.17, 15) is 26.7 Å². The number of hydrogen-bond acceptors (Lipinski definition) is 7. The quantitative estimate of drug-likeness (QED) is 0.564. The first kappa shape index (κ1) is 21.2. The third kappa shape index (κ3) is 2.96. The van der Waals surface area contributed by atoms with Crippen LogP contribution in [0.2, 0.25) is 0 Å². The third-order valence-corrected chi connectivity index (χ3v) is 9.36. The molecule has 0 spiro atoms. The van der Waals surface area contributed by atoms with Gasteiger partial charge in [0.15, 0.2) is 0 Å². The second kappa shape index (κ2) is 7.16. The largest absolute Gasteiger partial charge is 0.506 e. The van der Waals surface area contributed by atoms with Gasteiger partial charge in [-0.15, -0.1) is 0 Å². The lowest BCUT2D eigenvalue weighted by atomic mass is 10.0. The van der Waals surface area contributed by atoms with Crippen molar-refractivity contribution in [3.63, 3.8) is 0 Å². The lowest BCUT2D eigenvalue weighted by Gasteiger charge is -2.03. The Morgan fingerprint density at radius 1 is 0.909 bits per heavy atom. The molecule has 0 unspecified atom stereocenters. The third-order valence-electron chi connectivity index (χ3n) is 5.66. The lowest BCUT2D eigenvalue weighted by Crippen LogP contribution is -2.02. The van der Waals surface area contributed by atoms with E-state index in [1.807, 2.05) is 0 Å². The molecule has 2 heterocycles. The highest BCUT2D eigenvalue weighted by molar-refractivity contribution is 7.97. The van der Waals surface area contributed by atoms with Crippen LogP contribution in [0.3, 0.4) is 0 Å². The Kier molecular flexibility index (Phi) is 4.59. The number of carbonyl (C=O) groups is 1. The molecule has 2 aliphatic heterocycles. The first-order chi connectivity index (χ1) is 15.7. The van der Waals surface area contributed by atoms with Crippen molar-refractivity contribution < 1.29 is 31.5 Å². The molecule has 0 saturated heterocycles. The highest BCUT2D eigenvalue weighted by Gasteiger charge is 2.40. The zero-order valence-electron chi connectivity index (χ0n) is 17.1. The number of Topliss-reactive ketones (excluding diaryl/α,β-unsaturated/α-hetero) is 1. The molecule has 2 aliphatic rings. The Hall–Kier alpha value is -3.69. The molecular formula is C24H16O7S2. The van der Waals surface area contributed by atoms with E-state index in [1.165, 1.54) is 31.4 Å². The zero-order valence-corrected chi connectivity index (χ0v) is 18.8. The van der Waals surface area contributed by atoms with Crippen LogP contribution in [0, 0.1) is 0 Å². The van der Waals surface area contributed by atoms with Gasteiger partial charge in [0.05, 0.1) is 16.9 Å². The van der Waals surface area contributed by atoms with E-state index in [-0.39, 0.29) is 20.9 Å². The van der Waals surface area contributed by atoms with Gasteiger partial charge in [0.25, 0.3) is 0 Å². The summed E-state index contributed by atoms with van der Waals surface area (Å²) >= 11 is 0. The molecule has 0 atom stereocenters. The number of benzene rings is 3. The molecule has 0 radical (unpaired) electrons. The minimum Gasteiger partial charge on any atom is -0.506 e. The van der Waals surface area contributed by atoms with Gasteiger partial charge in [-0.3, -0.25) is 4.79 Å². The second-order valence-electron chi connectivity index (χ2n) is 7.46. The summed E-state index contributed by atoms with van der Waals surface area (Å²) in [6.45, 7) is 0. The van der Waals surface area contributed by atoms with E-state index in [1.54, 1.807) is 30.3 Å². The summed E-state index contributed by atoms with van der Waals surface area (Å²) in [4.78, 5) is 11.8. The Labute approximate surface area is 189 Å². The van der Waals surface area contributed by atoms with Gasteiger partial charge in [0.2, 0.25) is 25.5 Å². The lowest BCUT2D eigenvalue weighted by molar-refractivity contribution is 0.104. The Balaban J connectivity index is 1.58. The predicted octanol–water partition coefficient (Wildman–Crippen LogP) is 3.97. The number of allylic oxidation sites excluding steroid dienone is 4. The number of carbonyl (C=O) groups excluding carboxylic acids is 1. The summed E-state index contributed by atoms with van der Waals surface area (Å²) in [7, 11) is -6.76. The Morgan fingerprint density at radius 3 is 2.39 bits per heavy atom. The first-order valence-corrected chi connectivity index (χ1v) is 12.7. The molecule has 1 N–H and O–H groups in total. The number of ketones is 1. The topological polar surface area (TPSA) is 115 Å². The Morgan fingerprint density at radius 2 is 1.64 bits per heavy atom. The molecule has 7 nitrogen and oxygen atoms in total. The predicted molar refractivity (Wildman–Crippen MR) is 122 cm³/mol. The van der Waals surface area contributed by atoms with Gasteiger partial charge in [0.1, 0.15) is 21.3 Å². The van der Waals surface area contributed by atoms with E-state index >= 15 is 0 Å². The Bertz CT molecular complexity index is 1690. The second-order valence-corrected chi connectivity index (χ2v) is 11.2. The molecule has 33 heavy (non-hydrogen) atoms. The van der Waals surface area contributed by atoms with Gasteiger partial charge in [-0.1, -0.05) is 36.4 Å². The smallest absolute Gasteiger partial charge is 0.211 e. The summed E-state index contributed by atoms with van der Waals surface area (Å²) in [5, 5.41) is 11.6. The molecule has 5 rings (SSSR count). The SMILES string of the molecule is COc1ccc2c(c1)S(=O)(=O)C(/C=C/C=C1/C(=O)c3ccc4ccccc4c3S1(=O)=O)=C2O. The summed E-state index contributed by atoms with van der Waals surface area (Å²) in [5.41, 5.74) is 0.190. The average molecular weight is 481 g/mol. The summed E-state index contributed by atoms with van der Waals surface area (Å²) in [6.07, 6.45) is 3.28. The molecule has 0 fully saturated rings. The van der Waals surface area contributed by atoms with Crippen molar-refractivity contribution in [2.75, 3.05) is 7.11 Å². The number of sulfone groups is 2. The number of rotatable bonds is 3. The van der Waals surface area contributed by atoms with Gasteiger partial charge < -0.3 is 9.84 Å². The standard InChI is InChI=1S/C24H16O7S2/c1-31-15-10-12-17-21(13-15)32(27,28)19(22(17)25)7-4-8-20-23(26)18-11-9-14-5-2-3-6-16(14)24(18)33(20,29)30/h2-13,25H,1H3/b7-4+,20-8-. The summed E-state index contributed by atoms with van der Waals surface area (Å²) in [5.74, 6) is -0.816. The molecule has 166 valence electrons. The van der Waals surface area contributed by atoms with Crippen molar-refractivity contribution in [3.05, 3.63) is 93.8 Å². The number of aliphatic hydroxyl groups excluding tert-OH is 1. The highest BCUT2D eigenvalue weighted by atomic mass is 32.2. The number of ether oxygens (including phenoxy) is 1. The maximum absolute atomic E-state index is 13.2. The maximum Gasteiger partial charge on any atom is 0.211 e. The molecule has 9 heteroatoms. The van der Waals surface area contributed by atoms with Gasteiger partial charge in [0, 0.05) is 16.5 Å². The minimum atomic E-state index is -4.11. The van der Waals surface area contributed by atoms with Crippen LogP contribution < -0.4 is 4.74 Å². The van der Waals surface area contributed by atoms with Crippen LogP contribution in [0.15, 0.2) is 92.4 Å². The maximum atomic E-state index is 13.2. The van der Waals surface area contributed by atoms with Crippen molar-refractivity contribution >= 4 is 42.0 Å². The van der Waals surface area contributed by atoms with Gasteiger partial charge >= 0.3 is 0 Å². The minimum absolute atomic E-state index is 0.0553. The van der Waals surface area contributed by atoms with E-state index in [0.29, 0.717) is 16.5 Å². The van der Waals surface area contributed by atoms with Crippen molar-refractivity contribution in [2.45, 2.75) is 9.79 Å². The van der Waals surface area contributed by atoms with Crippen molar-refractivity contribution in [3.8, 4) is 5.75 Å². The normalized spacial score (nSPS) is 19.4. The fourth-order valence-electron chi connectivity index (χ4n) is 4.06. The highest BCUT2D eigenvalue weighted by Crippen LogP contribution is 2.41. The van der Waals surface area contributed by atoms with E-state index in [4.69, 9.17) is 4.74 Å². The van der Waals surface area contributed by atoms with Crippen LogP contribution in [0.5, 0.6) is 5.75 Å². The van der Waals surface area contributed by atoms with Gasteiger partial charge in [-0.2, -0.15) is 0 Å². The summed E-state index contributed by atoms with van der Waals surface area (Å²) < 4.78 is 57.1. The first-order valence-electron chi connectivity index (χ1n) is 9.74. The van der Waals surface area contributed by atoms with Crippen LogP contribution in [-0.4, -0.2) is 34.8 Å². The number of hydrogen-bond donors (Lipinski definition) is 1. The molecule has 0 bridgehead atoms. The van der Waals surface area contributed by atoms with Crippen LogP contribution in [-0.2, 0) is 19.7 Å².